The van der Waals surface area contributed by atoms with Crippen LogP contribution in [0.4, 0.5) is 0 Å². The third-order valence-electron chi connectivity index (χ3n) is 6.45. The molecule has 1 saturated carbocycles. The molecule has 0 aromatic heterocycles. The molecule has 3 rings (SSSR count). The fraction of sp³-hybridized carbons (Fsp3) is 0.550. The zero-order valence-electron chi connectivity index (χ0n) is 14.1. The largest absolute Gasteiger partial charge is 0.508 e. The van der Waals surface area contributed by atoms with Gasteiger partial charge in [0, 0.05) is 11.8 Å². The van der Waals surface area contributed by atoms with Gasteiger partial charge in [0.2, 0.25) is 0 Å². The summed E-state index contributed by atoms with van der Waals surface area (Å²) in [7, 11) is 0. The molecule has 0 saturated heterocycles. The average Bonchev–Trinajstić information content (AvgIpc) is 2.46. The molecule has 22 heavy (non-hydrogen) atoms. The second kappa shape index (κ2) is 4.71. The summed E-state index contributed by atoms with van der Waals surface area (Å²) in [5, 5.41) is 10.4. The van der Waals surface area contributed by atoms with Crippen molar-refractivity contribution in [2.75, 3.05) is 0 Å². The highest BCUT2D eigenvalue weighted by molar-refractivity contribution is 5.86. The Morgan fingerprint density at radius 1 is 1.32 bits per heavy atom. The van der Waals surface area contributed by atoms with Crippen LogP contribution in [0.25, 0.3) is 6.08 Å². The number of carbonyl (C=O) groups is 1. The molecule has 0 unspecified atom stereocenters. The maximum atomic E-state index is 12.4. The Labute approximate surface area is 133 Å². The van der Waals surface area contributed by atoms with Crippen molar-refractivity contribution in [3.8, 4) is 5.75 Å². The molecule has 1 aromatic carbocycles. The van der Waals surface area contributed by atoms with E-state index in [0.717, 1.165) is 30.4 Å². The Bertz CT molecular complexity index is 669. The smallest absolute Gasteiger partial charge is 0.138 e. The van der Waals surface area contributed by atoms with E-state index < -0.39 is 0 Å². The number of fused-ring (bicyclic) bond motifs is 3. The van der Waals surface area contributed by atoms with Gasteiger partial charge in [-0.2, -0.15) is 0 Å². The van der Waals surface area contributed by atoms with E-state index in [1.807, 2.05) is 19.1 Å². The first-order valence-corrected chi connectivity index (χ1v) is 8.25. The lowest BCUT2D eigenvalue weighted by Gasteiger charge is -2.53. The number of benzene rings is 1. The van der Waals surface area contributed by atoms with Crippen LogP contribution < -0.4 is 0 Å². The predicted octanol–water partition coefficient (Wildman–Crippen LogP) is 4.55. The number of hydrogen-bond acceptors (Lipinski definition) is 2. The number of aromatic hydroxyl groups is 1. The second-order valence-electron chi connectivity index (χ2n) is 7.82. The summed E-state index contributed by atoms with van der Waals surface area (Å²) in [6, 6.07) is 1.95. The molecule has 0 aliphatic heterocycles. The molecule has 1 fully saturated rings. The summed E-state index contributed by atoms with van der Waals surface area (Å²) >= 11 is 0. The lowest BCUT2D eigenvalue weighted by atomic mass is 9.49. The van der Waals surface area contributed by atoms with Gasteiger partial charge in [-0.3, -0.25) is 4.79 Å². The summed E-state index contributed by atoms with van der Waals surface area (Å²) in [5.74, 6) is 1.08. The molecule has 1 N–H and O–H groups in total. The Balaban J connectivity index is 2.24. The monoisotopic (exact) mass is 298 g/mol. The molecule has 1 aromatic rings. The van der Waals surface area contributed by atoms with E-state index in [9.17, 15) is 9.90 Å². The Morgan fingerprint density at radius 3 is 2.64 bits per heavy atom. The molecule has 0 spiro atoms. The summed E-state index contributed by atoms with van der Waals surface area (Å²) in [6.07, 6.45) is 5.39. The van der Waals surface area contributed by atoms with Crippen LogP contribution in [0.1, 0.15) is 62.3 Å². The Hall–Kier alpha value is -1.57. The van der Waals surface area contributed by atoms with Crippen molar-refractivity contribution >= 4 is 11.9 Å². The standard InChI is InChI=1S/C20H26O2/c1-6-13-12(2)16(21)11-15-14(13)7-8-17-19(3,4)18(22)9-10-20(15,17)5/h6,11,17,21H,1,7-10H2,2-5H3/t17-,20+/m1/s1. The molecule has 0 heterocycles. The number of phenols is 1. The zero-order valence-corrected chi connectivity index (χ0v) is 14.1. The highest BCUT2D eigenvalue weighted by Gasteiger charge is 2.53. The van der Waals surface area contributed by atoms with Gasteiger partial charge in [-0.1, -0.05) is 33.4 Å². The van der Waals surface area contributed by atoms with E-state index >= 15 is 0 Å². The number of phenolic OH excluding ortho intramolecular Hbond substituents is 1. The van der Waals surface area contributed by atoms with Crippen LogP contribution in [0.3, 0.4) is 0 Å². The predicted molar refractivity (Wildman–Crippen MR) is 90.1 cm³/mol. The SMILES string of the molecule is C=Cc1c(C)c(O)cc2c1CC[C@@H]1C(C)(C)C(=O)CC[C@@]21C. The van der Waals surface area contributed by atoms with Crippen LogP contribution in [0, 0.1) is 18.3 Å². The Kier molecular flexibility index (Phi) is 3.28. The number of hydrogen-bond donors (Lipinski definition) is 1. The molecule has 0 amide bonds. The first kappa shape index (κ1) is 15.3. The number of Topliss-reactive ketones (excluding diaryl/α,β-unsaturated/α-hetero) is 1. The van der Waals surface area contributed by atoms with Crippen LogP contribution in [0.5, 0.6) is 5.75 Å². The van der Waals surface area contributed by atoms with Crippen LogP contribution in [0.2, 0.25) is 0 Å². The normalized spacial score (nSPS) is 29.6. The van der Waals surface area contributed by atoms with Crippen molar-refractivity contribution in [1.29, 1.82) is 0 Å². The maximum absolute atomic E-state index is 12.4. The highest BCUT2D eigenvalue weighted by atomic mass is 16.3. The lowest BCUT2D eigenvalue weighted by Crippen LogP contribution is -2.52. The summed E-state index contributed by atoms with van der Waals surface area (Å²) < 4.78 is 0. The van der Waals surface area contributed by atoms with Crippen LogP contribution >= 0.6 is 0 Å². The molecule has 2 heteroatoms. The van der Waals surface area contributed by atoms with Gasteiger partial charge in [-0.25, -0.2) is 0 Å². The van der Waals surface area contributed by atoms with Gasteiger partial charge >= 0.3 is 0 Å². The third kappa shape index (κ3) is 1.82. The molecule has 2 nitrogen and oxygen atoms in total. The van der Waals surface area contributed by atoms with Gasteiger partial charge in [0.05, 0.1) is 0 Å². The Morgan fingerprint density at radius 2 is 2.00 bits per heavy atom. The quantitative estimate of drug-likeness (QED) is 0.825. The summed E-state index contributed by atoms with van der Waals surface area (Å²) in [5.41, 5.74) is 4.26. The molecule has 2 atom stereocenters. The van der Waals surface area contributed by atoms with Crippen LogP contribution in [-0.2, 0) is 16.6 Å². The number of carbonyl (C=O) groups excluding carboxylic acids is 1. The molecule has 118 valence electrons. The van der Waals surface area contributed by atoms with Gasteiger partial charge in [-0.15, -0.1) is 0 Å². The molecular weight excluding hydrogens is 272 g/mol. The first-order valence-electron chi connectivity index (χ1n) is 8.25. The first-order chi connectivity index (χ1) is 10.2. The molecule has 0 radical (unpaired) electrons. The van der Waals surface area contributed by atoms with Crippen molar-refractivity contribution in [1.82, 2.24) is 0 Å². The average molecular weight is 298 g/mol. The van der Waals surface area contributed by atoms with E-state index in [-0.39, 0.29) is 10.8 Å². The van der Waals surface area contributed by atoms with Gasteiger partial charge in [0.1, 0.15) is 11.5 Å². The second-order valence-corrected chi connectivity index (χ2v) is 7.82. The lowest BCUT2D eigenvalue weighted by molar-refractivity contribution is -0.137. The van der Waals surface area contributed by atoms with Crippen molar-refractivity contribution in [3.63, 3.8) is 0 Å². The van der Waals surface area contributed by atoms with E-state index in [1.165, 1.54) is 11.1 Å². The van der Waals surface area contributed by atoms with E-state index in [4.69, 9.17) is 0 Å². The van der Waals surface area contributed by atoms with E-state index in [2.05, 4.69) is 27.4 Å². The third-order valence-corrected chi connectivity index (χ3v) is 6.45. The topological polar surface area (TPSA) is 37.3 Å². The van der Waals surface area contributed by atoms with E-state index in [0.29, 0.717) is 23.9 Å². The molecule has 0 bridgehead atoms. The maximum Gasteiger partial charge on any atom is 0.138 e. The number of ketones is 1. The van der Waals surface area contributed by atoms with Crippen LogP contribution in [0.15, 0.2) is 12.6 Å². The fourth-order valence-electron chi connectivity index (χ4n) is 5.05. The fourth-order valence-corrected chi connectivity index (χ4v) is 5.05. The van der Waals surface area contributed by atoms with Crippen molar-refractivity contribution < 1.29 is 9.90 Å². The van der Waals surface area contributed by atoms with Gasteiger partial charge < -0.3 is 5.11 Å². The van der Waals surface area contributed by atoms with Crippen molar-refractivity contribution in [2.24, 2.45) is 11.3 Å². The van der Waals surface area contributed by atoms with Gasteiger partial charge in [0.15, 0.2) is 0 Å². The highest BCUT2D eigenvalue weighted by Crippen LogP contribution is 2.57. The van der Waals surface area contributed by atoms with Crippen molar-refractivity contribution in [2.45, 2.75) is 58.8 Å². The zero-order chi connectivity index (χ0) is 16.3. The molecular formula is C20H26O2. The number of rotatable bonds is 1. The van der Waals surface area contributed by atoms with Gasteiger partial charge in [0.25, 0.3) is 0 Å². The van der Waals surface area contributed by atoms with Crippen LogP contribution in [-0.4, -0.2) is 10.9 Å². The summed E-state index contributed by atoms with van der Waals surface area (Å²) in [6.45, 7) is 12.4. The molecule has 2 aliphatic carbocycles. The summed E-state index contributed by atoms with van der Waals surface area (Å²) in [4.78, 5) is 12.4. The minimum Gasteiger partial charge on any atom is -0.508 e. The van der Waals surface area contributed by atoms with Gasteiger partial charge in [-0.05, 0) is 65.8 Å². The minimum atomic E-state index is -0.278. The van der Waals surface area contributed by atoms with E-state index in [1.54, 1.807) is 0 Å². The van der Waals surface area contributed by atoms with Crippen molar-refractivity contribution in [3.05, 3.63) is 34.9 Å². The minimum absolute atomic E-state index is 0.0338. The molecule has 2 aliphatic rings.